The van der Waals surface area contributed by atoms with Crippen molar-refractivity contribution in [2.45, 2.75) is 84.8 Å². The zero-order chi connectivity index (χ0) is 21.2. The number of nitrogens with zero attached hydrogens (tertiary/aromatic N) is 1. The number of aryl methyl sites for hydroxylation is 2. The highest BCUT2D eigenvalue weighted by atomic mass is 32.1. The summed E-state index contributed by atoms with van der Waals surface area (Å²) in [5.74, 6) is -0.102. The lowest BCUT2D eigenvalue weighted by atomic mass is 9.84. The number of thiophene rings is 1. The Kier molecular flexibility index (Phi) is 6.62. The van der Waals surface area contributed by atoms with Crippen LogP contribution in [0, 0.1) is 19.8 Å². The lowest BCUT2D eigenvalue weighted by molar-refractivity contribution is -0.157. The number of ether oxygens (including phenoxy) is 1. The molecule has 0 saturated heterocycles. The highest BCUT2D eigenvalue weighted by Crippen LogP contribution is 2.32. The molecule has 0 aromatic carbocycles. The van der Waals surface area contributed by atoms with Gasteiger partial charge in [-0.1, -0.05) is 32.1 Å². The lowest BCUT2D eigenvalue weighted by Gasteiger charge is -2.28. The first-order chi connectivity index (χ1) is 13.7. The molecule has 1 saturated carbocycles. The Labute approximate surface area is 177 Å². The molecule has 1 aliphatic rings. The Morgan fingerprint density at radius 2 is 1.93 bits per heavy atom. The summed E-state index contributed by atoms with van der Waals surface area (Å²) in [5.41, 5.74) is 1.45. The summed E-state index contributed by atoms with van der Waals surface area (Å²) in [4.78, 5) is 31.9. The second-order valence-corrected chi connectivity index (χ2v) is 10.2. The summed E-state index contributed by atoms with van der Waals surface area (Å²) in [5, 5.41) is 4.02. The Morgan fingerprint density at radius 3 is 2.55 bits per heavy atom. The minimum absolute atomic E-state index is 0.212. The molecule has 1 atom stereocenters. The van der Waals surface area contributed by atoms with Gasteiger partial charge >= 0.3 is 5.97 Å². The largest absolute Gasteiger partial charge is 0.458 e. The molecule has 0 spiro atoms. The van der Waals surface area contributed by atoms with Gasteiger partial charge in [0.15, 0.2) is 0 Å². The van der Waals surface area contributed by atoms with Crippen LogP contribution in [0.25, 0.3) is 10.2 Å². The molecule has 158 valence electrons. The number of hydrogen-bond donors (Lipinski definition) is 1. The molecule has 1 amide bonds. The van der Waals surface area contributed by atoms with E-state index in [0.29, 0.717) is 17.2 Å². The quantitative estimate of drug-likeness (QED) is 0.670. The van der Waals surface area contributed by atoms with Crippen molar-refractivity contribution in [2.24, 2.45) is 5.92 Å². The predicted molar refractivity (Wildman–Crippen MR) is 117 cm³/mol. The Hall–Kier alpha value is -1.95. The van der Waals surface area contributed by atoms with Gasteiger partial charge in [0, 0.05) is 11.6 Å². The highest BCUT2D eigenvalue weighted by molar-refractivity contribution is 7.20. The van der Waals surface area contributed by atoms with Crippen LogP contribution in [-0.4, -0.2) is 28.5 Å². The SMILES string of the molecule is Cc1ccnc2sc(C(=O)NC(CC3CCCCC3)C(=O)OC(C)(C)C)c(C)c12. The standard InChI is InChI=1S/C23H32N2O3S/c1-14-11-12-24-21-18(14)15(2)19(29-21)20(26)25-17(22(27)28-23(3,4)5)13-16-9-7-6-8-10-16/h11-12,16-17H,6-10,13H2,1-5H3,(H,25,26). The maximum absolute atomic E-state index is 13.1. The van der Waals surface area contributed by atoms with E-state index in [1.165, 1.54) is 30.6 Å². The van der Waals surface area contributed by atoms with Crippen molar-refractivity contribution in [1.82, 2.24) is 10.3 Å². The van der Waals surface area contributed by atoms with Crippen LogP contribution in [0.5, 0.6) is 0 Å². The molecule has 5 nitrogen and oxygen atoms in total. The number of fused-ring (bicyclic) bond motifs is 1. The monoisotopic (exact) mass is 416 g/mol. The third kappa shape index (κ3) is 5.35. The van der Waals surface area contributed by atoms with E-state index < -0.39 is 11.6 Å². The topological polar surface area (TPSA) is 68.3 Å². The first-order valence-corrected chi connectivity index (χ1v) is 11.4. The molecule has 0 bridgehead atoms. The third-order valence-electron chi connectivity index (χ3n) is 5.54. The molecule has 0 aliphatic heterocycles. The second-order valence-electron chi connectivity index (χ2n) is 9.16. The van der Waals surface area contributed by atoms with Crippen LogP contribution in [0.1, 0.15) is 80.1 Å². The molecule has 2 aromatic rings. The van der Waals surface area contributed by atoms with Crippen molar-refractivity contribution in [2.75, 3.05) is 0 Å². The molecule has 0 radical (unpaired) electrons. The minimum atomic E-state index is -0.622. The summed E-state index contributed by atoms with van der Waals surface area (Å²) in [6.07, 6.45) is 8.28. The second kappa shape index (κ2) is 8.82. The smallest absolute Gasteiger partial charge is 0.329 e. The van der Waals surface area contributed by atoms with Gasteiger partial charge in [-0.25, -0.2) is 9.78 Å². The van der Waals surface area contributed by atoms with Crippen LogP contribution < -0.4 is 5.32 Å². The fourth-order valence-corrected chi connectivity index (χ4v) is 5.27. The van der Waals surface area contributed by atoms with E-state index in [4.69, 9.17) is 4.74 Å². The molecule has 1 N–H and O–H groups in total. The van der Waals surface area contributed by atoms with Crippen LogP contribution in [0.4, 0.5) is 0 Å². The van der Waals surface area contributed by atoms with E-state index in [-0.39, 0.29) is 11.9 Å². The summed E-state index contributed by atoms with van der Waals surface area (Å²) in [6, 6.07) is 1.33. The Bertz CT molecular complexity index is 891. The molecule has 3 rings (SSSR count). The van der Waals surface area contributed by atoms with Crippen LogP contribution in [0.2, 0.25) is 0 Å². The van der Waals surface area contributed by atoms with Gasteiger partial charge in [0.1, 0.15) is 16.5 Å². The van der Waals surface area contributed by atoms with Crippen molar-refractivity contribution >= 4 is 33.4 Å². The number of hydrogen-bond acceptors (Lipinski definition) is 5. The van der Waals surface area contributed by atoms with Gasteiger partial charge in [-0.05, 0) is 64.2 Å². The number of nitrogens with one attached hydrogen (secondary N) is 1. The van der Waals surface area contributed by atoms with Gasteiger partial charge in [0.25, 0.3) is 5.91 Å². The van der Waals surface area contributed by atoms with Crippen molar-refractivity contribution in [3.05, 3.63) is 28.3 Å². The van der Waals surface area contributed by atoms with Crippen molar-refractivity contribution in [1.29, 1.82) is 0 Å². The average Bonchev–Trinajstić information content (AvgIpc) is 2.98. The fourth-order valence-electron chi connectivity index (χ4n) is 4.14. The van der Waals surface area contributed by atoms with Gasteiger partial charge in [-0.15, -0.1) is 11.3 Å². The van der Waals surface area contributed by atoms with Crippen molar-refractivity contribution < 1.29 is 14.3 Å². The molecule has 2 aromatic heterocycles. The number of rotatable bonds is 5. The molecule has 1 unspecified atom stereocenters. The molecule has 29 heavy (non-hydrogen) atoms. The summed E-state index contributed by atoms with van der Waals surface area (Å²) < 4.78 is 5.62. The van der Waals surface area contributed by atoms with Gasteiger partial charge in [-0.2, -0.15) is 0 Å². The summed E-state index contributed by atoms with van der Waals surface area (Å²) in [6.45, 7) is 9.54. The molecular formula is C23H32N2O3S. The van der Waals surface area contributed by atoms with E-state index in [1.54, 1.807) is 6.20 Å². The summed E-state index contributed by atoms with van der Waals surface area (Å²) >= 11 is 1.38. The molecule has 6 heteroatoms. The Morgan fingerprint density at radius 1 is 1.24 bits per heavy atom. The van der Waals surface area contributed by atoms with Gasteiger partial charge < -0.3 is 10.1 Å². The van der Waals surface area contributed by atoms with Crippen molar-refractivity contribution in [3.8, 4) is 0 Å². The number of amides is 1. The van der Waals surface area contributed by atoms with Crippen molar-refractivity contribution in [3.63, 3.8) is 0 Å². The van der Waals surface area contributed by atoms with Crippen LogP contribution in [0.3, 0.4) is 0 Å². The van der Waals surface area contributed by atoms with E-state index in [2.05, 4.69) is 10.3 Å². The predicted octanol–water partition coefficient (Wildman–Crippen LogP) is 5.32. The van der Waals surface area contributed by atoms with E-state index in [0.717, 1.165) is 34.2 Å². The maximum Gasteiger partial charge on any atom is 0.329 e. The maximum atomic E-state index is 13.1. The van der Waals surface area contributed by atoms with Crippen LogP contribution in [-0.2, 0) is 9.53 Å². The number of carbonyl (C=O) groups is 2. The number of pyridine rings is 1. The van der Waals surface area contributed by atoms with Crippen LogP contribution >= 0.6 is 11.3 Å². The molecule has 1 aliphatic carbocycles. The number of aromatic nitrogens is 1. The van der Waals surface area contributed by atoms with Crippen LogP contribution in [0.15, 0.2) is 12.3 Å². The lowest BCUT2D eigenvalue weighted by Crippen LogP contribution is -2.45. The van der Waals surface area contributed by atoms with E-state index in [1.807, 2.05) is 40.7 Å². The normalized spacial score (nSPS) is 16.6. The third-order valence-corrected chi connectivity index (χ3v) is 6.73. The zero-order valence-corrected chi connectivity index (χ0v) is 18.9. The number of esters is 1. The van der Waals surface area contributed by atoms with E-state index >= 15 is 0 Å². The average molecular weight is 417 g/mol. The number of carbonyl (C=O) groups excluding carboxylic acids is 2. The molecule has 2 heterocycles. The first kappa shape index (κ1) is 21.8. The Balaban J connectivity index is 1.82. The minimum Gasteiger partial charge on any atom is -0.458 e. The first-order valence-electron chi connectivity index (χ1n) is 10.5. The van der Waals surface area contributed by atoms with Gasteiger partial charge in [0.2, 0.25) is 0 Å². The highest BCUT2D eigenvalue weighted by Gasteiger charge is 2.31. The van der Waals surface area contributed by atoms with Gasteiger partial charge in [-0.3, -0.25) is 4.79 Å². The van der Waals surface area contributed by atoms with Gasteiger partial charge in [0.05, 0.1) is 4.88 Å². The van der Waals surface area contributed by atoms with E-state index in [9.17, 15) is 9.59 Å². The fraction of sp³-hybridized carbons (Fsp3) is 0.609. The molecule has 1 fully saturated rings. The molecular weight excluding hydrogens is 384 g/mol. The summed E-state index contributed by atoms with van der Waals surface area (Å²) in [7, 11) is 0. The zero-order valence-electron chi connectivity index (χ0n) is 18.1.